The van der Waals surface area contributed by atoms with E-state index < -0.39 is 0 Å². The normalized spacial score (nSPS) is 10.1. The monoisotopic (exact) mass is 233 g/mol. The van der Waals surface area contributed by atoms with Gasteiger partial charge in [-0.2, -0.15) is 5.26 Å². The van der Waals surface area contributed by atoms with Crippen molar-refractivity contribution in [3.63, 3.8) is 0 Å². The van der Waals surface area contributed by atoms with Crippen molar-refractivity contribution in [2.45, 2.75) is 4.90 Å². The van der Waals surface area contributed by atoms with Gasteiger partial charge >= 0.3 is 0 Å². The number of benzene rings is 1. The quantitative estimate of drug-likeness (QED) is 0.784. The van der Waals surface area contributed by atoms with Crippen molar-refractivity contribution in [3.05, 3.63) is 41.8 Å². The van der Waals surface area contributed by atoms with E-state index in [1.54, 1.807) is 12.3 Å². The summed E-state index contributed by atoms with van der Waals surface area (Å²) in [5.41, 5.74) is 1.41. The summed E-state index contributed by atoms with van der Waals surface area (Å²) >= 11 is 1.08. The fraction of sp³-hybridized carbons (Fsp3) is 0. The SMILES string of the molecule is N#Cc1ccc(F)c(-c2cc(SN)c[nH]2)c1. The van der Waals surface area contributed by atoms with Gasteiger partial charge in [0.1, 0.15) is 5.82 Å². The Morgan fingerprint density at radius 2 is 2.19 bits per heavy atom. The molecule has 2 rings (SSSR count). The van der Waals surface area contributed by atoms with E-state index in [1.807, 2.05) is 6.07 Å². The zero-order valence-electron chi connectivity index (χ0n) is 8.20. The van der Waals surface area contributed by atoms with E-state index in [2.05, 4.69) is 4.98 Å². The van der Waals surface area contributed by atoms with Gasteiger partial charge in [-0.25, -0.2) is 4.39 Å². The lowest BCUT2D eigenvalue weighted by molar-refractivity contribution is 0.630. The van der Waals surface area contributed by atoms with E-state index in [0.29, 0.717) is 16.8 Å². The van der Waals surface area contributed by atoms with Crippen LogP contribution in [0.3, 0.4) is 0 Å². The zero-order valence-corrected chi connectivity index (χ0v) is 9.01. The second kappa shape index (κ2) is 4.39. The molecule has 3 N–H and O–H groups in total. The predicted molar refractivity (Wildman–Crippen MR) is 60.9 cm³/mol. The molecule has 80 valence electrons. The van der Waals surface area contributed by atoms with E-state index in [-0.39, 0.29) is 5.82 Å². The Morgan fingerprint density at radius 3 is 2.81 bits per heavy atom. The van der Waals surface area contributed by atoms with Gasteiger partial charge in [-0.15, -0.1) is 0 Å². The lowest BCUT2D eigenvalue weighted by Crippen LogP contribution is -1.86. The fourth-order valence-electron chi connectivity index (χ4n) is 1.40. The smallest absolute Gasteiger partial charge is 0.132 e. The number of nitrogens with zero attached hydrogens (tertiary/aromatic N) is 1. The Morgan fingerprint density at radius 1 is 1.38 bits per heavy atom. The molecule has 0 radical (unpaired) electrons. The van der Waals surface area contributed by atoms with Crippen LogP contribution in [0.1, 0.15) is 5.56 Å². The number of halogens is 1. The minimum Gasteiger partial charge on any atom is -0.360 e. The number of nitrogens with one attached hydrogen (secondary N) is 1. The Bertz CT molecular complexity index is 557. The summed E-state index contributed by atoms with van der Waals surface area (Å²) in [7, 11) is 0. The number of hydrogen-bond donors (Lipinski definition) is 2. The van der Waals surface area contributed by atoms with Crippen molar-refractivity contribution in [3.8, 4) is 17.3 Å². The summed E-state index contributed by atoms with van der Waals surface area (Å²) in [6.07, 6.45) is 1.69. The Hall–Kier alpha value is -1.77. The van der Waals surface area contributed by atoms with E-state index in [9.17, 15) is 4.39 Å². The highest BCUT2D eigenvalue weighted by Gasteiger charge is 2.08. The molecule has 0 amide bonds. The van der Waals surface area contributed by atoms with Crippen LogP contribution in [-0.4, -0.2) is 4.98 Å². The first-order chi connectivity index (χ1) is 7.74. The first kappa shape index (κ1) is 10.7. The maximum absolute atomic E-state index is 13.5. The van der Waals surface area contributed by atoms with Gasteiger partial charge in [-0.1, -0.05) is 0 Å². The first-order valence-corrected chi connectivity index (χ1v) is 5.37. The van der Waals surface area contributed by atoms with Crippen molar-refractivity contribution >= 4 is 11.9 Å². The molecule has 0 saturated carbocycles. The first-order valence-electron chi connectivity index (χ1n) is 4.50. The van der Waals surface area contributed by atoms with Gasteiger partial charge < -0.3 is 4.98 Å². The molecule has 0 atom stereocenters. The van der Waals surface area contributed by atoms with E-state index in [1.165, 1.54) is 18.2 Å². The lowest BCUT2D eigenvalue weighted by Gasteiger charge is -2.00. The molecule has 0 saturated heterocycles. The van der Waals surface area contributed by atoms with Gasteiger partial charge in [0.15, 0.2) is 0 Å². The summed E-state index contributed by atoms with van der Waals surface area (Å²) in [6.45, 7) is 0. The number of nitriles is 1. The third-order valence-electron chi connectivity index (χ3n) is 2.18. The van der Waals surface area contributed by atoms with Crippen LogP contribution in [0.15, 0.2) is 35.4 Å². The van der Waals surface area contributed by atoms with Crippen LogP contribution in [0, 0.1) is 17.1 Å². The van der Waals surface area contributed by atoms with Crippen LogP contribution in [0.2, 0.25) is 0 Å². The van der Waals surface area contributed by atoms with Crippen molar-refractivity contribution in [2.75, 3.05) is 0 Å². The van der Waals surface area contributed by atoms with Gasteiger partial charge in [0.2, 0.25) is 0 Å². The standard InChI is InChI=1S/C11H8FN3S/c12-10-2-1-7(5-13)3-9(10)11-4-8(16-14)6-15-11/h1-4,6,15H,14H2. The molecule has 0 unspecified atom stereocenters. The van der Waals surface area contributed by atoms with Crippen molar-refractivity contribution in [1.29, 1.82) is 5.26 Å². The Balaban J connectivity index is 2.50. The van der Waals surface area contributed by atoms with Crippen molar-refractivity contribution < 1.29 is 4.39 Å². The molecule has 2 aromatic rings. The molecule has 1 aromatic carbocycles. The molecular weight excluding hydrogens is 225 g/mol. The maximum atomic E-state index is 13.5. The van der Waals surface area contributed by atoms with Crippen LogP contribution in [-0.2, 0) is 0 Å². The molecule has 0 aliphatic carbocycles. The Labute approximate surface area is 96.2 Å². The molecule has 5 heteroatoms. The maximum Gasteiger partial charge on any atom is 0.132 e. The molecule has 1 aromatic heterocycles. The highest BCUT2D eigenvalue weighted by Crippen LogP contribution is 2.25. The summed E-state index contributed by atoms with van der Waals surface area (Å²) in [6, 6.07) is 7.95. The van der Waals surface area contributed by atoms with Gasteiger partial charge in [0.25, 0.3) is 0 Å². The second-order valence-corrected chi connectivity index (χ2v) is 3.88. The average Bonchev–Trinajstić information content (AvgIpc) is 2.78. The number of H-pyrrole nitrogens is 1. The molecule has 0 aliphatic heterocycles. The minimum atomic E-state index is -0.366. The molecule has 0 spiro atoms. The minimum absolute atomic E-state index is 0.366. The van der Waals surface area contributed by atoms with Gasteiger partial charge in [0.05, 0.1) is 11.6 Å². The van der Waals surface area contributed by atoms with Crippen molar-refractivity contribution in [2.24, 2.45) is 5.14 Å². The van der Waals surface area contributed by atoms with Crippen LogP contribution >= 0.6 is 11.9 Å². The molecule has 3 nitrogen and oxygen atoms in total. The third-order valence-corrected chi connectivity index (χ3v) is 2.69. The second-order valence-electron chi connectivity index (χ2n) is 3.17. The zero-order chi connectivity index (χ0) is 11.5. The number of rotatable bonds is 2. The summed E-state index contributed by atoms with van der Waals surface area (Å²) in [5, 5.41) is 14.1. The summed E-state index contributed by atoms with van der Waals surface area (Å²) in [4.78, 5) is 3.73. The highest BCUT2D eigenvalue weighted by molar-refractivity contribution is 7.97. The van der Waals surface area contributed by atoms with Crippen LogP contribution in [0.4, 0.5) is 4.39 Å². The summed E-state index contributed by atoms with van der Waals surface area (Å²) < 4.78 is 13.5. The molecule has 0 aliphatic rings. The average molecular weight is 233 g/mol. The van der Waals surface area contributed by atoms with E-state index >= 15 is 0 Å². The van der Waals surface area contributed by atoms with Crippen LogP contribution in [0.25, 0.3) is 11.3 Å². The number of nitrogens with two attached hydrogens (primary N) is 1. The lowest BCUT2D eigenvalue weighted by atomic mass is 10.1. The van der Waals surface area contributed by atoms with Gasteiger partial charge in [-0.3, -0.25) is 5.14 Å². The molecular formula is C11H8FN3S. The fourth-order valence-corrected chi connectivity index (χ4v) is 1.71. The van der Waals surface area contributed by atoms with Crippen LogP contribution < -0.4 is 5.14 Å². The predicted octanol–water partition coefficient (Wildman–Crippen LogP) is 2.66. The molecule has 16 heavy (non-hydrogen) atoms. The van der Waals surface area contributed by atoms with Crippen LogP contribution in [0.5, 0.6) is 0 Å². The third kappa shape index (κ3) is 1.94. The Kier molecular flexibility index (Phi) is 2.95. The van der Waals surface area contributed by atoms with Crippen molar-refractivity contribution in [1.82, 2.24) is 4.98 Å². The highest BCUT2D eigenvalue weighted by atomic mass is 32.2. The molecule has 1 heterocycles. The van der Waals surface area contributed by atoms with Gasteiger partial charge in [-0.05, 0) is 36.2 Å². The van der Waals surface area contributed by atoms with Gasteiger partial charge in [0, 0.05) is 22.3 Å². The largest absolute Gasteiger partial charge is 0.360 e. The molecule has 0 bridgehead atoms. The summed E-state index contributed by atoms with van der Waals surface area (Å²) in [5.74, 6) is -0.366. The topological polar surface area (TPSA) is 65.6 Å². The van der Waals surface area contributed by atoms with E-state index in [0.717, 1.165) is 16.8 Å². The number of hydrogen-bond acceptors (Lipinski definition) is 3. The number of aromatic nitrogens is 1. The number of aromatic amines is 1. The van der Waals surface area contributed by atoms with E-state index in [4.69, 9.17) is 10.4 Å². The molecule has 0 fully saturated rings.